The highest BCUT2D eigenvalue weighted by Gasteiger charge is 2.38. The molecular formula is C15H15NO6S. The van der Waals surface area contributed by atoms with Crippen LogP contribution in [0.5, 0.6) is 11.5 Å². The molecule has 8 heteroatoms. The first-order chi connectivity index (χ1) is 11.0. The Kier molecular flexibility index (Phi) is 3.87. The lowest BCUT2D eigenvalue weighted by Crippen LogP contribution is -2.43. The van der Waals surface area contributed by atoms with Gasteiger partial charge in [0, 0.05) is 28.3 Å². The standard InChI is InChI=1S/C15H15NO6S/c1-21-10-3-7-8-5-16(9(6-17)15(19)20)14(18)13(8)23-12(7)4-11(10)22-2/h3-4,9,17H,5-6H2,1-2H3,(H,19,20)/t9-/m0/s1. The molecule has 1 amide bonds. The van der Waals surface area contributed by atoms with Crippen molar-refractivity contribution in [2.24, 2.45) is 0 Å². The summed E-state index contributed by atoms with van der Waals surface area (Å²) in [7, 11) is 3.07. The number of aliphatic hydroxyl groups excluding tert-OH is 1. The number of carbonyl (C=O) groups excluding carboxylic acids is 1. The molecule has 3 rings (SSSR count). The second kappa shape index (κ2) is 5.71. The van der Waals surface area contributed by atoms with Gasteiger partial charge >= 0.3 is 5.97 Å². The minimum absolute atomic E-state index is 0.154. The zero-order valence-corrected chi connectivity index (χ0v) is 13.3. The number of benzene rings is 1. The lowest BCUT2D eigenvalue weighted by Gasteiger charge is -2.22. The maximum Gasteiger partial charge on any atom is 0.328 e. The number of hydrogen-bond acceptors (Lipinski definition) is 6. The average molecular weight is 337 g/mol. The molecule has 2 aromatic rings. The van der Waals surface area contributed by atoms with Gasteiger partial charge in [0.2, 0.25) is 0 Å². The summed E-state index contributed by atoms with van der Waals surface area (Å²) in [5.41, 5.74) is 0.760. The molecule has 0 spiro atoms. The number of aliphatic hydroxyl groups is 1. The van der Waals surface area contributed by atoms with Gasteiger partial charge < -0.3 is 24.6 Å². The van der Waals surface area contributed by atoms with E-state index < -0.39 is 18.6 Å². The Labute approximate surface area is 135 Å². The smallest absolute Gasteiger partial charge is 0.328 e. The van der Waals surface area contributed by atoms with Crippen molar-refractivity contribution in [1.82, 2.24) is 4.90 Å². The van der Waals surface area contributed by atoms with Gasteiger partial charge in [-0.1, -0.05) is 0 Å². The minimum Gasteiger partial charge on any atom is -0.493 e. The van der Waals surface area contributed by atoms with Crippen LogP contribution in [0.25, 0.3) is 10.1 Å². The number of carboxylic acids is 1. The number of nitrogens with zero attached hydrogens (tertiary/aromatic N) is 1. The van der Waals surface area contributed by atoms with Gasteiger partial charge in [-0.3, -0.25) is 4.79 Å². The molecule has 0 radical (unpaired) electrons. The number of carbonyl (C=O) groups is 2. The molecule has 1 aliphatic rings. The Morgan fingerprint density at radius 1 is 1.35 bits per heavy atom. The summed E-state index contributed by atoms with van der Waals surface area (Å²) in [6.45, 7) is -0.466. The van der Waals surface area contributed by atoms with Gasteiger partial charge in [-0.25, -0.2) is 4.79 Å². The Balaban J connectivity index is 2.08. The van der Waals surface area contributed by atoms with E-state index in [1.807, 2.05) is 0 Å². The van der Waals surface area contributed by atoms with Crippen molar-refractivity contribution in [3.8, 4) is 11.5 Å². The molecule has 1 aromatic heterocycles. The molecule has 2 heterocycles. The zero-order valence-electron chi connectivity index (χ0n) is 12.5. The highest BCUT2D eigenvalue weighted by atomic mass is 32.1. The third-order valence-electron chi connectivity index (χ3n) is 3.91. The summed E-state index contributed by atoms with van der Waals surface area (Å²) in [5, 5.41) is 19.2. The lowest BCUT2D eigenvalue weighted by molar-refractivity contribution is -0.143. The fourth-order valence-electron chi connectivity index (χ4n) is 2.74. The van der Waals surface area contributed by atoms with Gasteiger partial charge in [-0.05, 0) is 6.07 Å². The Morgan fingerprint density at radius 3 is 2.57 bits per heavy atom. The van der Waals surface area contributed by atoms with Crippen LogP contribution in [-0.4, -0.2) is 53.9 Å². The van der Waals surface area contributed by atoms with Gasteiger partial charge in [0.05, 0.1) is 25.7 Å². The van der Waals surface area contributed by atoms with Gasteiger partial charge in [0.25, 0.3) is 5.91 Å². The van der Waals surface area contributed by atoms with E-state index in [4.69, 9.17) is 14.6 Å². The molecule has 0 fully saturated rings. The maximum absolute atomic E-state index is 12.5. The monoisotopic (exact) mass is 337 g/mol. The lowest BCUT2D eigenvalue weighted by atomic mass is 10.1. The van der Waals surface area contributed by atoms with Crippen LogP contribution in [0.4, 0.5) is 0 Å². The van der Waals surface area contributed by atoms with Gasteiger partial charge in [0.15, 0.2) is 17.5 Å². The summed E-state index contributed by atoms with van der Waals surface area (Å²) < 4.78 is 11.4. The Hall–Kier alpha value is -2.32. The van der Waals surface area contributed by atoms with Crippen molar-refractivity contribution < 1.29 is 29.3 Å². The van der Waals surface area contributed by atoms with E-state index in [-0.39, 0.29) is 12.5 Å². The van der Waals surface area contributed by atoms with Crippen molar-refractivity contribution >= 4 is 33.3 Å². The number of hydrogen-bond donors (Lipinski definition) is 2. The molecule has 23 heavy (non-hydrogen) atoms. The molecule has 0 unspecified atom stereocenters. The predicted molar refractivity (Wildman–Crippen MR) is 83.3 cm³/mol. The molecule has 1 atom stereocenters. The second-order valence-corrected chi connectivity index (χ2v) is 6.13. The summed E-state index contributed by atoms with van der Waals surface area (Å²) in [6, 6.07) is 2.35. The number of amides is 1. The molecule has 0 saturated carbocycles. The van der Waals surface area contributed by atoms with Crippen LogP contribution >= 0.6 is 11.3 Å². The van der Waals surface area contributed by atoms with Crippen molar-refractivity contribution in [2.45, 2.75) is 12.6 Å². The summed E-state index contributed by atoms with van der Waals surface area (Å²) in [4.78, 5) is 25.4. The third-order valence-corrected chi connectivity index (χ3v) is 5.10. The first-order valence-electron chi connectivity index (χ1n) is 6.83. The number of aliphatic carboxylic acids is 1. The topological polar surface area (TPSA) is 96.3 Å². The molecule has 0 bridgehead atoms. The molecule has 0 saturated heterocycles. The van der Waals surface area contributed by atoms with Crippen LogP contribution in [-0.2, 0) is 11.3 Å². The van der Waals surface area contributed by atoms with E-state index >= 15 is 0 Å². The zero-order chi connectivity index (χ0) is 16.7. The van der Waals surface area contributed by atoms with Crippen LogP contribution in [0.1, 0.15) is 15.2 Å². The van der Waals surface area contributed by atoms with Gasteiger partial charge in [-0.2, -0.15) is 0 Å². The molecule has 1 aliphatic heterocycles. The Bertz CT molecular complexity index is 799. The number of fused-ring (bicyclic) bond motifs is 3. The van der Waals surface area contributed by atoms with Crippen molar-refractivity contribution in [3.05, 3.63) is 22.6 Å². The SMILES string of the molecule is COc1cc2sc3c(c2cc1OC)CN([C@@H](CO)C(=O)O)C3=O. The van der Waals surface area contributed by atoms with E-state index in [0.717, 1.165) is 15.6 Å². The number of thiophene rings is 1. The van der Waals surface area contributed by atoms with E-state index in [2.05, 4.69) is 0 Å². The molecular weight excluding hydrogens is 322 g/mol. The van der Waals surface area contributed by atoms with Crippen LogP contribution in [0.3, 0.4) is 0 Å². The normalized spacial score (nSPS) is 14.9. The summed E-state index contributed by atoms with van der Waals surface area (Å²) in [5.74, 6) is -0.480. The summed E-state index contributed by atoms with van der Waals surface area (Å²) >= 11 is 1.29. The van der Waals surface area contributed by atoms with Crippen LogP contribution in [0.2, 0.25) is 0 Å². The molecule has 2 N–H and O–H groups in total. The quantitative estimate of drug-likeness (QED) is 0.854. The fourth-order valence-corrected chi connectivity index (χ4v) is 3.92. The average Bonchev–Trinajstić information content (AvgIpc) is 3.04. The first kappa shape index (κ1) is 15.6. The van der Waals surface area contributed by atoms with Gasteiger partial charge in [0.1, 0.15) is 0 Å². The molecule has 0 aliphatic carbocycles. The summed E-state index contributed by atoms with van der Waals surface area (Å²) in [6.07, 6.45) is 0. The maximum atomic E-state index is 12.5. The highest BCUT2D eigenvalue weighted by molar-refractivity contribution is 7.21. The predicted octanol–water partition coefficient (Wildman–Crippen LogP) is 1.32. The molecule has 7 nitrogen and oxygen atoms in total. The van der Waals surface area contributed by atoms with Crippen molar-refractivity contribution in [2.75, 3.05) is 20.8 Å². The minimum atomic E-state index is -1.24. The van der Waals surface area contributed by atoms with Gasteiger partial charge in [-0.15, -0.1) is 11.3 Å². The van der Waals surface area contributed by atoms with Crippen LogP contribution in [0.15, 0.2) is 12.1 Å². The van der Waals surface area contributed by atoms with Crippen molar-refractivity contribution in [3.63, 3.8) is 0 Å². The van der Waals surface area contributed by atoms with E-state index in [1.165, 1.54) is 30.5 Å². The Morgan fingerprint density at radius 2 is 2.00 bits per heavy atom. The molecule has 122 valence electrons. The number of rotatable bonds is 5. The van der Waals surface area contributed by atoms with E-state index in [9.17, 15) is 14.7 Å². The second-order valence-electron chi connectivity index (χ2n) is 5.08. The molecule has 1 aromatic carbocycles. The fraction of sp³-hybridized carbons (Fsp3) is 0.333. The largest absolute Gasteiger partial charge is 0.493 e. The number of methoxy groups -OCH3 is 2. The van der Waals surface area contributed by atoms with Crippen molar-refractivity contribution in [1.29, 1.82) is 0 Å². The van der Waals surface area contributed by atoms with Crippen LogP contribution in [0, 0.1) is 0 Å². The van der Waals surface area contributed by atoms with E-state index in [0.29, 0.717) is 16.4 Å². The van der Waals surface area contributed by atoms with Crippen LogP contribution < -0.4 is 9.47 Å². The third kappa shape index (κ3) is 2.30. The number of carboxylic acid groups (broad SMARTS) is 1. The van der Waals surface area contributed by atoms with E-state index in [1.54, 1.807) is 12.1 Å². The first-order valence-corrected chi connectivity index (χ1v) is 7.65. The highest BCUT2D eigenvalue weighted by Crippen LogP contribution is 2.43. The number of ether oxygens (including phenoxy) is 2.